The Balaban J connectivity index is 1.04. The van der Waals surface area contributed by atoms with E-state index in [1.54, 1.807) is 6.20 Å². The topological polar surface area (TPSA) is 101 Å². The van der Waals surface area contributed by atoms with Gasteiger partial charge in [0.05, 0.1) is 0 Å². The fraction of sp³-hybridized carbons (Fsp3) is 0.571. The Morgan fingerprint density at radius 2 is 1.90 bits per heavy atom. The minimum Gasteiger partial charge on any atom is -0.474 e. The van der Waals surface area contributed by atoms with E-state index in [1.807, 2.05) is 24.3 Å². The molecule has 3 aliphatic carbocycles. The second-order valence-corrected chi connectivity index (χ2v) is 8.65. The SMILES string of the molecule is O=C(NC1CC2(C1)CC(Oc1cccc(Nc3cc[nH]n3)n1)C2)OC1CCCC1. The van der Waals surface area contributed by atoms with Crippen molar-refractivity contribution >= 4 is 17.7 Å². The Kier molecular flexibility index (Phi) is 4.77. The lowest BCUT2D eigenvalue weighted by Crippen LogP contribution is -2.59. The Morgan fingerprint density at radius 3 is 2.66 bits per heavy atom. The van der Waals surface area contributed by atoms with Crippen LogP contribution in [0.5, 0.6) is 5.88 Å². The summed E-state index contributed by atoms with van der Waals surface area (Å²) in [5, 5.41) is 13.0. The van der Waals surface area contributed by atoms with Crippen LogP contribution in [0, 0.1) is 5.41 Å². The predicted octanol–water partition coefficient (Wildman–Crippen LogP) is 3.91. The molecule has 1 spiro atoms. The van der Waals surface area contributed by atoms with Crippen molar-refractivity contribution < 1.29 is 14.3 Å². The van der Waals surface area contributed by atoms with Crippen molar-refractivity contribution in [1.29, 1.82) is 0 Å². The number of nitrogens with one attached hydrogen (secondary N) is 3. The van der Waals surface area contributed by atoms with Crippen molar-refractivity contribution in [2.24, 2.45) is 5.41 Å². The van der Waals surface area contributed by atoms with Crippen LogP contribution in [0.2, 0.25) is 0 Å². The summed E-state index contributed by atoms with van der Waals surface area (Å²) in [5.74, 6) is 2.05. The smallest absolute Gasteiger partial charge is 0.407 e. The van der Waals surface area contributed by atoms with Gasteiger partial charge < -0.3 is 20.1 Å². The van der Waals surface area contributed by atoms with Crippen LogP contribution < -0.4 is 15.4 Å². The van der Waals surface area contributed by atoms with Gasteiger partial charge in [0.1, 0.15) is 18.0 Å². The third-order valence-electron chi connectivity index (χ3n) is 6.35. The zero-order valence-corrected chi connectivity index (χ0v) is 16.4. The molecule has 29 heavy (non-hydrogen) atoms. The number of pyridine rings is 1. The number of anilines is 2. The molecule has 0 radical (unpaired) electrons. The normalized spacial score (nSPS) is 28.4. The van der Waals surface area contributed by atoms with E-state index in [9.17, 15) is 4.79 Å². The molecule has 3 N–H and O–H groups in total. The van der Waals surface area contributed by atoms with E-state index in [1.165, 1.54) is 12.8 Å². The number of carbonyl (C=O) groups is 1. The van der Waals surface area contributed by atoms with Crippen molar-refractivity contribution in [2.45, 2.75) is 69.6 Å². The van der Waals surface area contributed by atoms with Gasteiger partial charge in [-0.2, -0.15) is 10.1 Å². The van der Waals surface area contributed by atoms with E-state index in [0.29, 0.717) is 17.1 Å². The first-order chi connectivity index (χ1) is 14.2. The molecule has 2 aromatic heterocycles. The lowest BCUT2D eigenvalue weighted by molar-refractivity contribution is -0.0859. The van der Waals surface area contributed by atoms with E-state index in [0.717, 1.165) is 44.3 Å². The summed E-state index contributed by atoms with van der Waals surface area (Å²) in [6.45, 7) is 0. The van der Waals surface area contributed by atoms with Gasteiger partial charge in [0.15, 0.2) is 5.82 Å². The maximum absolute atomic E-state index is 12.0. The van der Waals surface area contributed by atoms with Crippen LogP contribution in [0.15, 0.2) is 30.5 Å². The quantitative estimate of drug-likeness (QED) is 0.683. The van der Waals surface area contributed by atoms with Crippen molar-refractivity contribution in [1.82, 2.24) is 20.5 Å². The molecule has 0 atom stereocenters. The van der Waals surface area contributed by atoms with Crippen molar-refractivity contribution in [3.05, 3.63) is 30.5 Å². The molecule has 2 aromatic rings. The fourth-order valence-electron chi connectivity index (χ4n) is 4.95. The monoisotopic (exact) mass is 397 g/mol. The van der Waals surface area contributed by atoms with Crippen LogP contribution in [0.4, 0.5) is 16.4 Å². The molecule has 8 nitrogen and oxygen atoms in total. The number of carbonyl (C=O) groups excluding carboxylic acids is 1. The number of alkyl carbamates (subject to hydrolysis) is 1. The molecule has 2 heterocycles. The van der Waals surface area contributed by atoms with Crippen molar-refractivity contribution in [2.75, 3.05) is 5.32 Å². The molecule has 5 rings (SSSR count). The van der Waals surface area contributed by atoms with Gasteiger partial charge >= 0.3 is 6.09 Å². The van der Waals surface area contributed by atoms with Gasteiger partial charge in [0.2, 0.25) is 5.88 Å². The van der Waals surface area contributed by atoms with Gasteiger partial charge in [-0.05, 0) is 62.8 Å². The minimum absolute atomic E-state index is 0.122. The van der Waals surface area contributed by atoms with Crippen LogP contribution in [0.1, 0.15) is 51.4 Å². The van der Waals surface area contributed by atoms with Crippen LogP contribution >= 0.6 is 0 Å². The number of hydrogen-bond acceptors (Lipinski definition) is 6. The fourth-order valence-corrected chi connectivity index (χ4v) is 4.95. The number of aromatic amines is 1. The van der Waals surface area contributed by atoms with E-state index in [-0.39, 0.29) is 24.3 Å². The predicted molar refractivity (Wildman–Crippen MR) is 107 cm³/mol. The highest BCUT2D eigenvalue weighted by Crippen LogP contribution is 2.56. The summed E-state index contributed by atoms with van der Waals surface area (Å²) in [6.07, 6.45) is 10.2. The zero-order valence-electron chi connectivity index (χ0n) is 16.4. The Labute approximate surface area is 169 Å². The number of hydrogen-bond donors (Lipinski definition) is 3. The molecule has 0 aliphatic heterocycles. The first-order valence-corrected chi connectivity index (χ1v) is 10.5. The van der Waals surface area contributed by atoms with Crippen LogP contribution in [0.25, 0.3) is 0 Å². The van der Waals surface area contributed by atoms with E-state index < -0.39 is 0 Å². The molecular weight excluding hydrogens is 370 g/mol. The van der Waals surface area contributed by atoms with Crippen molar-refractivity contribution in [3.8, 4) is 5.88 Å². The van der Waals surface area contributed by atoms with Gasteiger partial charge in [0, 0.05) is 24.4 Å². The molecule has 3 aliphatic rings. The molecule has 0 saturated heterocycles. The molecule has 0 unspecified atom stereocenters. The van der Waals surface area contributed by atoms with Gasteiger partial charge in [-0.15, -0.1) is 0 Å². The highest BCUT2D eigenvalue weighted by molar-refractivity contribution is 5.68. The maximum Gasteiger partial charge on any atom is 0.407 e. The van der Waals surface area contributed by atoms with Crippen LogP contribution in [0.3, 0.4) is 0 Å². The summed E-state index contributed by atoms with van der Waals surface area (Å²) >= 11 is 0. The average molecular weight is 397 g/mol. The van der Waals surface area contributed by atoms with E-state index in [4.69, 9.17) is 9.47 Å². The zero-order chi connectivity index (χ0) is 19.7. The number of nitrogens with zero attached hydrogens (tertiary/aromatic N) is 2. The molecule has 0 bridgehead atoms. The summed E-state index contributed by atoms with van der Waals surface area (Å²) < 4.78 is 11.5. The van der Waals surface area contributed by atoms with Gasteiger partial charge in [-0.25, -0.2) is 4.79 Å². The molecule has 3 saturated carbocycles. The van der Waals surface area contributed by atoms with Crippen LogP contribution in [-0.2, 0) is 4.74 Å². The third kappa shape index (κ3) is 4.16. The average Bonchev–Trinajstić information content (AvgIpc) is 3.32. The van der Waals surface area contributed by atoms with Crippen LogP contribution in [-0.4, -0.2) is 39.5 Å². The summed E-state index contributed by atoms with van der Waals surface area (Å²) in [5.41, 5.74) is 0.320. The number of rotatable bonds is 6. The summed E-state index contributed by atoms with van der Waals surface area (Å²) in [4.78, 5) is 16.5. The lowest BCUT2D eigenvalue weighted by Gasteiger charge is -2.56. The number of aromatic nitrogens is 3. The molecule has 1 amide bonds. The minimum atomic E-state index is -0.241. The molecule has 154 valence electrons. The lowest BCUT2D eigenvalue weighted by atomic mass is 9.53. The standard InChI is InChI=1S/C21H27N5O3/c27-20(29-15-4-1-2-5-15)23-14-10-21(11-14)12-16(13-21)28-19-7-3-6-17(25-19)24-18-8-9-22-26-18/h3,6-9,14-16H,1-2,4-5,10-13H2,(H,23,27)(H2,22,24,25,26). The van der Waals surface area contributed by atoms with E-state index >= 15 is 0 Å². The summed E-state index contributed by atoms with van der Waals surface area (Å²) in [6, 6.07) is 7.77. The summed E-state index contributed by atoms with van der Waals surface area (Å²) in [7, 11) is 0. The maximum atomic E-state index is 12.0. The number of H-pyrrole nitrogens is 1. The Bertz CT molecular complexity index is 836. The highest BCUT2D eigenvalue weighted by atomic mass is 16.6. The molecular formula is C21H27N5O3. The number of ether oxygens (including phenoxy) is 2. The highest BCUT2D eigenvalue weighted by Gasteiger charge is 2.54. The van der Waals surface area contributed by atoms with Gasteiger partial charge in [0.25, 0.3) is 0 Å². The molecule has 3 fully saturated rings. The second-order valence-electron chi connectivity index (χ2n) is 8.65. The Hall–Kier alpha value is -2.77. The first kappa shape index (κ1) is 18.3. The first-order valence-electron chi connectivity index (χ1n) is 10.5. The third-order valence-corrected chi connectivity index (χ3v) is 6.35. The molecule has 0 aromatic carbocycles. The van der Waals surface area contributed by atoms with Gasteiger partial charge in [-0.1, -0.05) is 6.07 Å². The molecule has 8 heteroatoms. The van der Waals surface area contributed by atoms with Gasteiger partial charge in [-0.3, -0.25) is 5.10 Å². The Morgan fingerprint density at radius 1 is 1.07 bits per heavy atom. The van der Waals surface area contributed by atoms with E-state index in [2.05, 4.69) is 25.8 Å². The largest absolute Gasteiger partial charge is 0.474 e. The van der Waals surface area contributed by atoms with Crippen molar-refractivity contribution in [3.63, 3.8) is 0 Å². The number of amides is 1. The second kappa shape index (κ2) is 7.57.